The van der Waals surface area contributed by atoms with Crippen molar-refractivity contribution in [3.8, 4) is 0 Å². The number of amides is 1. The molecule has 1 aromatic carbocycles. The second-order valence-corrected chi connectivity index (χ2v) is 7.86. The number of rotatable bonds is 5. The Morgan fingerprint density at radius 2 is 2.00 bits per heavy atom. The molecular weight excluding hydrogens is 306 g/mol. The van der Waals surface area contributed by atoms with Gasteiger partial charge in [-0.2, -0.15) is 0 Å². The van der Waals surface area contributed by atoms with E-state index in [0.29, 0.717) is 6.54 Å². The van der Waals surface area contributed by atoms with E-state index in [0.717, 1.165) is 17.4 Å². The highest BCUT2D eigenvalue weighted by Gasteiger charge is 2.32. The Labute approximate surface area is 129 Å². The van der Waals surface area contributed by atoms with Crippen LogP contribution < -0.4 is 0 Å². The van der Waals surface area contributed by atoms with Gasteiger partial charge in [-0.05, 0) is 17.5 Å². The molecule has 0 saturated heterocycles. The lowest BCUT2D eigenvalue weighted by molar-refractivity contribution is -0.141. The van der Waals surface area contributed by atoms with E-state index >= 15 is 0 Å². The summed E-state index contributed by atoms with van der Waals surface area (Å²) in [4.78, 5) is 25.1. The summed E-state index contributed by atoms with van der Waals surface area (Å²) in [6.45, 7) is 0.502. The third-order valence-electron chi connectivity index (χ3n) is 3.75. The summed E-state index contributed by atoms with van der Waals surface area (Å²) < 4.78 is 22.2. The molecule has 7 heteroatoms. The first-order valence-corrected chi connectivity index (χ1v) is 9.10. The summed E-state index contributed by atoms with van der Waals surface area (Å²) in [5.41, 5.74) is 1.58. The maximum Gasteiger partial charge on any atom is 0.312 e. The van der Waals surface area contributed by atoms with Gasteiger partial charge in [0.15, 0.2) is 0 Å². The molecule has 0 fully saturated rings. The summed E-state index contributed by atoms with van der Waals surface area (Å²) in [6, 6.07) is 7.20. The molecule has 6 nitrogen and oxygen atoms in total. The highest BCUT2D eigenvalue weighted by molar-refractivity contribution is 7.90. The molecule has 120 valence electrons. The molecule has 0 bridgehead atoms. The van der Waals surface area contributed by atoms with E-state index in [-0.39, 0.29) is 31.0 Å². The average molecular weight is 325 g/mol. The van der Waals surface area contributed by atoms with Crippen LogP contribution in [0.5, 0.6) is 0 Å². The van der Waals surface area contributed by atoms with E-state index in [1.807, 2.05) is 12.1 Å². The van der Waals surface area contributed by atoms with Gasteiger partial charge < -0.3 is 10.0 Å². The summed E-state index contributed by atoms with van der Waals surface area (Å²) in [6.07, 6.45) is 1.50. The summed E-state index contributed by atoms with van der Waals surface area (Å²) in [5, 5.41) is 9.35. The van der Waals surface area contributed by atoms with E-state index < -0.39 is 21.7 Å². The maximum atomic E-state index is 12.2. The quantitative estimate of drug-likeness (QED) is 0.873. The molecule has 0 aromatic heterocycles. The third kappa shape index (κ3) is 4.07. The number of carboxylic acids is 1. The minimum Gasteiger partial charge on any atom is -0.481 e. The lowest BCUT2D eigenvalue weighted by atomic mass is 9.89. The number of benzene rings is 1. The van der Waals surface area contributed by atoms with Gasteiger partial charge in [0.1, 0.15) is 9.84 Å². The predicted octanol–water partition coefficient (Wildman–Crippen LogP) is 1.02. The van der Waals surface area contributed by atoms with Crippen LogP contribution in [0.3, 0.4) is 0 Å². The zero-order chi connectivity index (χ0) is 16.3. The largest absolute Gasteiger partial charge is 0.481 e. The molecule has 0 saturated carbocycles. The van der Waals surface area contributed by atoms with Crippen molar-refractivity contribution in [2.45, 2.75) is 25.3 Å². The van der Waals surface area contributed by atoms with Crippen LogP contribution in [0.15, 0.2) is 24.3 Å². The highest BCUT2D eigenvalue weighted by atomic mass is 32.2. The van der Waals surface area contributed by atoms with Crippen LogP contribution in [-0.2, 0) is 26.0 Å². The van der Waals surface area contributed by atoms with Crippen LogP contribution in [0.1, 0.15) is 29.9 Å². The molecule has 22 heavy (non-hydrogen) atoms. The number of carbonyl (C=O) groups is 2. The third-order valence-corrected chi connectivity index (χ3v) is 4.78. The Morgan fingerprint density at radius 3 is 2.64 bits per heavy atom. The fraction of sp³-hybridized carbons (Fsp3) is 0.467. The number of sulfone groups is 1. The topological polar surface area (TPSA) is 91.8 Å². The molecule has 1 atom stereocenters. The van der Waals surface area contributed by atoms with E-state index in [9.17, 15) is 23.1 Å². The van der Waals surface area contributed by atoms with Crippen molar-refractivity contribution in [1.29, 1.82) is 0 Å². The SMILES string of the molecule is CS(=O)(=O)CCCC(=O)N1Cc2ccccc2C(C(=O)O)C1. The average Bonchev–Trinajstić information content (AvgIpc) is 2.44. The minimum atomic E-state index is -3.09. The first kappa shape index (κ1) is 16.5. The van der Waals surface area contributed by atoms with E-state index in [1.54, 1.807) is 12.1 Å². The Bertz CT molecular complexity index is 683. The lowest BCUT2D eigenvalue weighted by Gasteiger charge is -2.32. The molecule has 1 unspecified atom stereocenters. The molecule has 1 aliphatic heterocycles. The minimum absolute atomic E-state index is 0.0362. The first-order chi connectivity index (χ1) is 10.3. The van der Waals surface area contributed by atoms with Crippen molar-refractivity contribution >= 4 is 21.7 Å². The van der Waals surface area contributed by atoms with E-state index in [2.05, 4.69) is 0 Å². The van der Waals surface area contributed by atoms with Crippen LogP contribution in [0.4, 0.5) is 0 Å². The summed E-state index contributed by atoms with van der Waals surface area (Å²) >= 11 is 0. The maximum absolute atomic E-state index is 12.2. The Kier molecular flexibility index (Phi) is 4.85. The smallest absolute Gasteiger partial charge is 0.312 e. The number of carbonyl (C=O) groups excluding carboxylic acids is 1. The Balaban J connectivity index is 2.07. The lowest BCUT2D eigenvalue weighted by Crippen LogP contribution is -2.40. The number of hydrogen-bond donors (Lipinski definition) is 1. The zero-order valence-electron chi connectivity index (χ0n) is 12.4. The first-order valence-electron chi connectivity index (χ1n) is 7.04. The van der Waals surface area contributed by atoms with Gasteiger partial charge in [-0.1, -0.05) is 24.3 Å². The van der Waals surface area contributed by atoms with Crippen molar-refractivity contribution in [2.75, 3.05) is 18.6 Å². The second-order valence-electron chi connectivity index (χ2n) is 5.60. The molecule has 2 rings (SSSR count). The molecule has 0 aliphatic carbocycles. The van der Waals surface area contributed by atoms with Gasteiger partial charge in [-0.15, -0.1) is 0 Å². The molecule has 1 aliphatic rings. The summed E-state index contributed by atoms with van der Waals surface area (Å²) in [5.74, 6) is -1.93. The van der Waals surface area contributed by atoms with Crippen molar-refractivity contribution in [3.05, 3.63) is 35.4 Å². The summed E-state index contributed by atoms with van der Waals surface area (Å²) in [7, 11) is -3.09. The Hall–Kier alpha value is -1.89. The van der Waals surface area contributed by atoms with Crippen LogP contribution in [0, 0.1) is 0 Å². The molecule has 0 radical (unpaired) electrons. The fourth-order valence-electron chi connectivity index (χ4n) is 2.65. The standard InChI is InChI=1S/C15H19NO5S/c1-22(20,21)8-4-7-14(17)16-9-11-5-2-3-6-12(11)13(10-16)15(18)19/h2-3,5-6,13H,4,7-10H2,1H3,(H,18,19). The molecule has 1 aromatic rings. The van der Waals surface area contributed by atoms with E-state index in [1.165, 1.54) is 4.90 Å². The van der Waals surface area contributed by atoms with Crippen molar-refractivity contribution in [2.24, 2.45) is 0 Å². The van der Waals surface area contributed by atoms with Gasteiger partial charge in [0.25, 0.3) is 0 Å². The predicted molar refractivity (Wildman–Crippen MR) is 81.2 cm³/mol. The van der Waals surface area contributed by atoms with Crippen molar-refractivity contribution in [1.82, 2.24) is 4.90 Å². The van der Waals surface area contributed by atoms with Gasteiger partial charge in [-0.25, -0.2) is 8.42 Å². The molecular formula is C15H19NO5S. The van der Waals surface area contributed by atoms with Crippen molar-refractivity contribution < 1.29 is 23.1 Å². The number of aliphatic carboxylic acids is 1. The normalized spacial score (nSPS) is 17.9. The van der Waals surface area contributed by atoms with Gasteiger partial charge in [-0.3, -0.25) is 9.59 Å². The van der Waals surface area contributed by atoms with Gasteiger partial charge in [0, 0.05) is 25.8 Å². The monoisotopic (exact) mass is 325 g/mol. The van der Waals surface area contributed by atoms with Crippen molar-refractivity contribution in [3.63, 3.8) is 0 Å². The van der Waals surface area contributed by atoms with E-state index in [4.69, 9.17) is 0 Å². The van der Waals surface area contributed by atoms with Crippen LogP contribution in [0.25, 0.3) is 0 Å². The van der Waals surface area contributed by atoms with Crippen LogP contribution in [-0.4, -0.2) is 48.9 Å². The van der Waals surface area contributed by atoms with Gasteiger partial charge >= 0.3 is 5.97 Å². The molecule has 1 N–H and O–H groups in total. The van der Waals surface area contributed by atoms with Crippen LogP contribution in [0.2, 0.25) is 0 Å². The molecule has 0 spiro atoms. The number of hydrogen-bond acceptors (Lipinski definition) is 4. The number of nitrogens with zero attached hydrogens (tertiary/aromatic N) is 1. The number of fused-ring (bicyclic) bond motifs is 1. The second kappa shape index (κ2) is 6.48. The molecule has 1 heterocycles. The number of carboxylic acid groups (broad SMARTS) is 1. The highest BCUT2D eigenvalue weighted by Crippen LogP contribution is 2.28. The molecule has 1 amide bonds. The Morgan fingerprint density at radius 1 is 1.32 bits per heavy atom. The van der Waals surface area contributed by atoms with Gasteiger partial charge in [0.05, 0.1) is 11.7 Å². The fourth-order valence-corrected chi connectivity index (χ4v) is 3.32. The zero-order valence-corrected chi connectivity index (χ0v) is 13.2. The van der Waals surface area contributed by atoms with Gasteiger partial charge in [0.2, 0.25) is 5.91 Å². The van der Waals surface area contributed by atoms with Crippen LogP contribution >= 0.6 is 0 Å².